The molecule has 0 saturated heterocycles. The molecule has 0 bridgehead atoms. The van der Waals surface area contributed by atoms with Gasteiger partial charge in [0.2, 0.25) is 0 Å². The first-order valence-corrected chi connectivity index (χ1v) is 12.4. The van der Waals surface area contributed by atoms with Gasteiger partial charge in [-0.2, -0.15) is 5.10 Å². The lowest BCUT2D eigenvalue weighted by molar-refractivity contribution is -0.166. The Hall–Kier alpha value is -1.66. The Kier molecular flexibility index (Phi) is 8.11. The normalized spacial score (nSPS) is 27.6. The molecule has 0 spiro atoms. The Morgan fingerprint density at radius 3 is 2.76 bits per heavy atom. The monoisotopic (exact) mass is 481 g/mol. The molecule has 3 atom stereocenters. The first-order chi connectivity index (χ1) is 15.5. The fourth-order valence-electron chi connectivity index (χ4n) is 5.78. The molecule has 0 aliphatic heterocycles. The summed E-state index contributed by atoms with van der Waals surface area (Å²) in [4.78, 5) is 0. The number of halogens is 3. The number of hydrogen-bond acceptors (Lipinski definition) is 3. The number of nitrogens with two attached hydrogens (primary N) is 1. The van der Waals surface area contributed by atoms with Crippen LogP contribution in [-0.2, 0) is 0 Å². The second kappa shape index (κ2) is 10.3. The Labute approximate surface area is 201 Å². The van der Waals surface area contributed by atoms with Gasteiger partial charge >= 0.3 is 0 Å². The molecule has 1 aromatic carbocycles. The molecule has 7 heteroatoms. The largest absolute Gasteiger partial charge is 0.384 e. The number of aliphatic hydroxyl groups is 1. The SMILES string of the molecule is CC12CCC/C(=C\CN/N=C(\N)c3ccccc3Cl)C1CCC2CCCC(F)(F)C(C)(C)O. The molecule has 0 heterocycles. The van der Waals surface area contributed by atoms with E-state index in [0.29, 0.717) is 41.2 Å². The van der Waals surface area contributed by atoms with Crippen LogP contribution in [0.15, 0.2) is 41.0 Å². The molecule has 2 aliphatic rings. The van der Waals surface area contributed by atoms with Crippen molar-refractivity contribution in [3.8, 4) is 0 Å². The molecule has 0 radical (unpaired) electrons. The fraction of sp³-hybridized carbons (Fsp3) is 0.654. The van der Waals surface area contributed by atoms with E-state index >= 15 is 0 Å². The highest BCUT2D eigenvalue weighted by Gasteiger charge is 2.49. The molecule has 33 heavy (non-hydrogen) atoms. The minimum atomic E-state index is -3.05. The Bertz CT molecular complexity index is 881. The maximum absolute atomic E-state index is 14.2. The number of rotatable bonds is 9. The Balaban J connectivity index is 1.57. The third kappa shape index (κ3) is 5.89. The summed E-state index contributed by atoms with van der Waals surface area (Å²) in [5.74, 6) is -1.75. The molecule has 184 valence electrons. The van der Waals surface area contributed by atoms with Gasteiger partial charge in [-0.1, -0.05) is 42.3 Å². The number of fused-ring (bicyclic) bond motifs is 1. The zero-order valence-electron chi connectivity index (χ0n) is 20.0. The number of hydrazone groups is 1. The van der Waals surface area contributed by atoms with Gasteiger partial charge < -0.3 is 16.3 Å². The maximum atomic E-state index is 14.2. The van der Waals surface area contributed by atoms with Crippen LogP contribution in [0, 0.1) is 17.3 Å². The van der Waals surface area contributed by atoms with Crippen molar-refractivity contribution in [2.24, 2.45) is 28.1 Å². The third-order valence-electron chi connectivity index (χ3n) is 7.90. The van der Waals surface area contributed by atoms with Gasteiger partial charge in [0.15, 0.2) is 5.84 Å². The van der Waals surface area contributed by atoms with Crippen molar-refractivity contribution in [2.45, 2.75) is 83.7 Å². The van der Waals surface area contributed by atoms with Crippen LogP contribution < -0.4 is 11.2 Å². The average molecular weight is 482 g/mol. The van der Waals surface area contributed by atoms with Crippen molar-refractivity contribution in [3.63, 3.8) is 0 Å². The zero-order valence-corrected chi connectivity index (χ0v) is 20.8. The summed E-state index contributed by atoms with van der Waals surface area (Å²) >= 11 is 6.17. The first kappa shape index (κ1) is 26.0. The van der Waals surface area contributed by atoms with E-state index in [1.807, 2.05) is 18.2 Å². The van der Waals surface area contributed by atoms with Gasteiger partial charge in [-0.3, -0.25) is 0 Å². The molecule has 3 unspecified atom stereocenters. The molecule has 0 amide bonds. The molecule has 2 aliphatic carbocycles. The number of nitrogens with one attached hydrogen (secondary N) is 1. The van der Waals surface area contributed by atoms with E-state index in [4.69, 9.17) is 17.3 Å². The molecule has 2 fully saturated rings. The van der Waals surface area contributed by atoms with Crippen molar-refractivity contribution in [2.75, 3.05) is 6.54 Å². The second-order valence-electron chi connectivity index (χ2n) is 10.5. The highest BCUT2D eigenvalue weighted by molar-refractivity contribution is 6.34. The van der Waals surface area contributed by atoms with Crippen molar-refractivity contribution < 1.29 is 13.9 Å². The van der Waals surface area contributed by atoms with E-state index in [1.165, 1.54) is 19.4 Å². The average Bonchev–Trinajstić information content (AvgIpc) is 3.07. The number of alkyl halides is 2. The zero-order chi connectivity index (χ0) is 24.3. The van der Waals surface area contributed by atoms with Gasteiger partial charge in [-0.25, -0.2) is 8.78 Å². The molecule has 0 aromatic heterocycles. The van der Waals surface area contributed by atoms with Crippen LogP contribution in [0.4, 0.5) is 8.78 Å². The summed E-state index contributed by atoms with van der Waals surface area (Å²) in [5.41, 5.74) is 9.45. The van der Waals surface area contributed by atoms with Gasteiger partial charge in [0.1, 0.15) is 5.60 Å². The van der Waals surface area contributed by atoms with E-state index in [1.54, 1.807) is 6.07 Å². The summed E-state index contributed by atoms with van der Waals surface area (Å²) < 4.78 is 28.3. The van der Waals surface area contributed by atoms with Crippen LogP contribution in [0.1, 0.15) is 77.7 Å². The molecular weight excluding hydrogens is 444 g/mol. The van der Waals surface area contributed by atoms with Gasteiger partial charge in [-0.15, -0.1) is 0 Å². The van der Waals surface area contributed by atoms with E-state index in [2.05, 4.69) is 23.5 Å². The van der Waals surface area contributed by atoms with Gasteiger partial charge in [0.05, 0.1) is 11.6 Å². The molecule has 4 nitrogen and oxygen atoms in total. The summed E-state index contributed by atoms with van der Waals surface area (Å²) in [6.07, 6.45) is 8.75. The molecule has 2 saturated carbocycles. The second-order valence-corrected chi connectivity index (χ2v) is 10.9. The highest BCUT2D eigenvalue weighted by atomic mass is 35.5. The van der Waals surface area contributed by atoms with Crippen LogP contribution in [0.5, 0.6) is 0 Å². The minimum Gasteiger partial charge on any atom is -0.384 e. The van der Waals surface area contributed by atoms with Crippen LogP contribution in [0.2, 0.25) is 5.02 Å². The van der Waals surface area contributed by atoms with E-state index in [-0.39, 0.29) is 11.8 Å². The predicted octanol–water partition coefficient (Wildman–Crippen LogP) is 6.27. The van der Waals surface area contributed by atoms with E-state index in [0.717, 1.165) is 38.5 Å². The van der Waals surface area contributed by atoms with Crippen molar-refractivity contribution >= 4 is 17.4 Å². The van der Waals surface area contributed by atoms with Crippen LogP contribution in [-0.4, -0.2) is 29.0 Å². The lowest BCUT2D eigenvalue weighted by Crippen LogP contribution is -2.42. The minimum absolute atomic E-state index is 0.161. The number of hydrogen-bond donors (Lipinski definition) is 3. The van der Waals surface area contributed by atoms with Crippen LogP contribution in [0.3, 0.4) is 0 Å². The van der Waals surface area contributed by atoms with E-state index in [9.17, 15) is 13.9 Å². The summed E-state index contributed by atoms with van der Waals surface area (Å²) in [5, 5.41) is 14.6. The third-order valence-corrected chi connectivity index (χ3v) is 8.23. The highest BCUT2D eigenvalue weighted by Crippen LogP contribution is 2.58. The number of allylic oxidation sites excluding steroid dienone is 1. The number of benzene rings is 1. The quantitative estimate of drug-likeness (QED) is 0.128. The molecule has 4 N–H and O–H groups in total. The topological polar surface area (TPSA) is 70.6 Å². The Morgan fingerprint density at radius 2 is 2.06 bits per heavy atom. The first-order valence-electron chi connectivity index (χ1n) is 12.1. The molecular formula is C26H38ClF2N3O. The lowest BCUT2D eigenvalue weighted by atomic mass is 9.62. The van der Waals surface area contributed by atoms with Gasteiger partial charge in [-0.05, 0) is 88.2 Å². The molecule has 1 aromatic rings. The van der Waals surface area contributed by atoms with Crippen LogP contribution >= 0.6 is 11.6 Å². The number of nitrogens with zero attached hydrogens (tertiary/aromatic N) is 1. The van der Waals surface area contributed by atoms with E-state index < -0.39 is 11.5 Å². The smallest absolute Gasteiger partial charge is 0.275 e. The fourth-order valence-corrected chi connectivity index (χ4v) is 6.01. The van der Waals surface area contributed by atoms with Gasteiger partial charge in [0.25, 0.3) is 5.92 Å². The van der Waals surface area contributed by atoms with Crippen molar-refractivity contribution in [3.05, 3.63) is 46.5 Å². The maximum Gasteiger partial charge on any atom is 0.275 e. The summed E-state index contributed by atoms with van der Waals surface area (Å²) in [6.45, 7) is 5.32. The lowest BCUT2D eigenvalue weighted by Gasteiger charge is -2.42. The van der Waals surface area contributed by atoms with Crippen molar-refractivity contribution in [1.82, 2.24) is 5.43 Å². The van der Waals surface area contributed by atoms with Crippen molar-refractivity contribution in [1.29, 1.82) is 0 Å². The molecule has 3 rings (SSSR count). The predicted molar refractivity (Wildman–Crippen MR) is 132 cm³/mol. The summed E-state index contributed by atoms with van der Waals surface area (Å²) in [7, 11) is 0. The Morgan fingerprint density at radius 1 is 1.33 bits per heavy atom. The van der Waals surface area contributed by atoms with Gasteiger partial charge in [0, 0.05) is 12.0 Å². The standard InChI is InChI=1S/C26H38ClF2N3O/c1-24(2,33)26(28,29)16-7-9-19-12-13-21-18(8-6-15-25(19,21)3)14-17-31-32-23(30)20-10-4-5-11-22(20)27/h4-5,10-11,14,19,21,31,33H,6-9,12-13,15-17H2,1-3H3,(H2,30,32)/b18-14+. The summed E-state index contributed by atoms with van der Waals surface area (Å²) in [6, 6.07) is 7.35. The number of amidine groups is 1. The van der Waals surface area contributed by atoms with Crippen LogP contribution in [0.25, 0.3) is 0 Å².